The van der Waals surface area contributed by atoms with E-state index >= 15 is 0 Å². The summed E-state index contributed by atoms with van der Waals surface area (Å²) in [6.45, 7) is -0.360. The molecule has 0 radical (unpaired) electrons. The Morgan fingerprint density at radius 3 is 2.82 bits per heavy atom. The van der Waals surface area contributed by atoms with E-state index < -0.39 is 17.5 Å². The fraction of sp³-hybridized carbons (Fsp3) is 0.200. The Labute approximate surface area is 160 Å². The van der Waals surface area contributed by atoms with Gasteiger partial charge in [0.05, 0.1) is 11.0 Å². The normalized spacial score (nSPS) is 20.6. The number of para-hydroxylation sites is 2. The lowest BCUT2D eigenvalue weighted by Gasteiger charge is -2.22. The predicted octanol–water partition coefficient (Wildman–Crippen LogP) is 1.50. The van der Waals surface area contributed by atoms with Crippen molar-refractivity contribution in [2.75, 3.05) is 12.0 Å². The van der Waals surface area contributed by atoms with E-state index in [2.05, 4.69) is 15.7 Å². The first-order valence-electron chi connectivity index (χ1n) is 9.03. The van der Waals surface area contributed by atoms with E-state index in [-0.39, 0.29) is 12.5 Å². The van der Waals surface area contributed by atoms with Gasteiger partial charge in [-0.1, -0.05) is 36.4 Å². The number of carbonyl (C=O) groups is 3. The number of nitrogens with one attached hydrogen (secondary N) is 2. The minimum absolute atomic E-state index is 0.360. The van der Waals surface area contributed by atoms with Crippen molar-refractivity contribution < 1.29 is 14.4 Å². The average molecular weight is 375 g/mol. The Morgan fingerprint density at radius 1 is 1.14 bits per heavy atom. The number of benzene rings is 2. The number of imidazole rings is 1. The van der Waals surface area contributed by atoms with Gasteiger partial charge < -0.3 is 5.32 Å². The Hall–Kier alpha value is -3.68. The van der Waals surface area contributed by atoms with Crippen LogP contribution in [-0.2, 0) is 21.5 Å². The van der Waals surface area contributed by atoms with Crippen LogP contribution in [0.15, 0.2) is 54.9 Å². The van der Waals surface area contributed by atoms with Gasteiger partial charge in [0, 0.05) is 0 Å². The van der Waals surface area contributed by atoms with Gasteiger partial charge in [-0.2, -0.15) is 0 Å². The summed E-state index contributed by atoms with van der Waals surface area (Å²) in [5, 5.41) is 2.82. The second kappa shape index (κ2) is 5.91. The SMILES string of the molecule is O=C(CN1C(=O)NC2(CCc3ccccc32)C1=O)Nn1cnc2ccccc21. The number of hydrogen-bond acceptors (Lipinski definition) is 4. The highest BCUT2D eigenvalue weighted by Gasteiger charge is 2.55. The third-order valence-corrected chi connectivity index (χ3v) is 5.42. The van der Waals surface area contributed by atoms with Crippen molar-refractivity contribution in [2.45, 2.75) is 18.4 Å². The number of urea groups is 1. The monoisotopic (exact) mass is 375 g/mol. The van der Waals surface area contributed by atoms with Crippen LogP contribution in [0.25, 0.3) is 11.0 Å². The Kier molecular flexibility index (Phi) is 3.48. The molecule has 4 amide bonds. The van der Waals surface area contributed by atoms with Crippen LogP contribution < -0.4 is 10.7 Å². The predicted molar refractivity (Wildman–Crippen MR) is 101 cm³/mol. The molecule has 1 unspecified atom stereocenters. The van der Waals surface area contributed by atoms with Crippen LogP contribution >= 0.6 is 0 Å². The van der Waals surface area contributed by atoms with Crippen LogP contribution in [0.4, 0.5) is 4.79 Å². The quantitative estimate of drug-likeness (QED) is 0.678. The maximum absolute atomic E-state index is 13.1. The number of imide groups is 1. The van der Waals surface area contributed by atoms with Gasteiger partial charge in [0.1, 0.15) is 18.4 Å². The first-order chi connectivity index (χ1) is 13.6. The van der Waals surface area contributed by atoms with Crippen LogP contribution in [0, 0.1) is 0 Å². The Morgan fingerprint density at radius 2 is 1.93 bits per heavy atom. The van der Waals surface area contributed by atoms with E-state index in [4.69, 9.17) is 0 Å². The summed E-state index contributed by atoms with van der Waals surface area (Å²) in [7, 11) is 0. The molecule has 2 aliphatic rings. The molecule has 1 atom stereocenters. The number of carbonyl (C=O) groups excluding carboxylic acids is 3. The highest BCUT2D eigenvalue weighted by Crippen LogP contribution is 2.41. The molecule has 8 heteroatoms. The van der Waals surface area contributed by atoms with Crippen molar-refractivity contribution in [1.29, 1.82) is 0 Å². The van der Waals surface area contributed by atoms with Crippen molar-refractivity contribution in [2.24, 2.45) is 0 Å². The molecule has 8 nitrogen and oxygen atoms in total. The van der Waals surface area contributed by atoms with Gasteiger partial charge in [0.25, 0.3) is 11.8 Å². The third kappa shape index (κ3) is 2.31. The van der Waals surface area contributed by atoms with E-state index in [0.717, 1.165) is 27.1 Å². The second-order valence-electron chi connectivity index (χ2n) is 7.02. The first-order valence-corrected chi connectivity index (χ1v) is 9.03. The topological polar surface area (TPSA) is 96.3 Å². The number of amides is 4. The molecule has 2 heterocycles. The lowest BCUT2D eigenvalue weighted by molar-refractivity contribution is -0.134. The van der Waals surface area contributed by atoms with Crippen LogP contribution in [-0.4, -0.2) is 39.0 Å². The Bertz CT molecular complexity index is 1140. The molecular weight excluding hydrogens is 358 g/mol. The maximum atomic E-state index is 13.1. The lowest BCUT2D eigenvalue weighted by atomic mass is 9.92. The molecule has 0 bridgehead atoms. The smallest absolute Gasteiger partial charge is 0.319 e. The second-order valence-corrected chi connectivity index (χ2v) is 7.02. The molecule has 2 N–H and O–H groups in total. The van der Waals surface area contributed by atoms with Gasteiger partial charge in [-0.05, 0) is 36.1 Å². The molecule has 1 saturated heterocycles. The molecule has 140 valence electrons. The number of fused-ring (bicyclic) bond motifs is 3. The van der Waals surface area contributed by atoms with E-state index in [1.54, 1.807) is 0 Å². The highest BCUT2D eigenvalue weighted by atomic mass is 16.2. The molecule has 1 aliphatic carbocycles. The minimum Gasteiger partial charge on any atom is -0.319 e. The van der Waals surface area contributed by atoms with Crippen LogP contribution in [0.3, 0.4) is 0 Å². The van der Waals surface area contributed by atoms with E-state index in [1.165, 1.54) is 11.0 Å². The summed E-state index contributed by atoms with van der Waals surface area (Å²) in [5.41, 5.74) is 4.94. The first kappa shape index (κ1) is 16.5. The summed E-state index contributed by atoms with van der Waals surface area (Å²) < 4.78 is 1.48. The standard InChI is InChI=1S/C20H17N5O3/c26-17(23-25-12-21-15-7-3-4-8-16(15)25)11-24-18(27)20(22-19(24)28)10-9-13-5-1-2-6-14(13)20/h1-8,12H,9-11H2,(H,22,28)(H,23,26). The number of nitrogens with zero attached hydrogens (tertiary/aromatic N) is 3. The van der Waals surface area contributed by atoms with Gasteiger partial charge in [0.15, 0.2) is 0 Å². The van der Waals surface area contributed by atoms with Crippen molar-refractivity contribution in [3.63, 3.8) is 0 Å². The zero-order valence-electron chi connectivity index (χ0n) is 14.9. The molecule has 1 aliphatic heterocycles. The number of rotatable bonds is 3. The van der Waals surface area contributed by atoms with Gasteiger partial charge in [-0.3, -0.25) is 19.9 Å². The fourth-order valence-electron chi connectivity index (χ4n) is 4.09. The molecule has 28 heavy (non-hydrogen) atoms. The van der Waals surface area contributed by atoms with Crippen molar-refractivity contribution in [1.82, 2.24) is 19.9 Å². The van der Waals surface area contributed by atoms with Gasteiger partial charge in [-0.25, -0.2) is 14.5 Å². The average Bonchev–Trinajstić information content (AvgIpc) is 3.35. The van der Waals surface area contributed by atoms with Crippen molar-refractivity contribution in [3.8, 4) is 0 Å². The molecule has 1 spiro atoms. The van der Waals surface area contributed by atoms with E-state index in [9.17, 15) is 14.4 Å². The summed E-state index contributed by atoms with van der Waals surface area (Å²) in [5.74, 6) is -0.858. The molecule has 1 aromatic heterocycles. The van der Waals surface area contributed by atoms with Crippen molar-refractivity contribution >= 4 is 28.9 Å². The third-order valence-electron chi connectivity index (χ3n) is 5.42. The fourth-order valence-corrected chi connectivity index (χ4v) is 4.09. The van der Waals surface area contributed by atoms with Gasteiger partial charge in [-0.15, -0.1) is 0 Å². The molecule has 0 saturated carbocycles. The highest BCUT2D eigenvalue weighted by molar-refractivity contribution is 6.10. The minimum atomic E-state index is -1.06. The summed E-state index contributed by atoms with van der Waals surface area (Å²) in [4.78, 5) is 43.3. The molecule has 2 aromatic carbocycles. The van der Waals surface area contributed by atoms with Crippen LogP contribution in [0.2, 0.25) is 0 Å². The van der Waals surface area contributed by atoms with Crippen LogP contribution in [0.1, 0.15) is 17.5 Å². The van der Waals surface area contributed by atoms with Gasteiger partial charge in [0.2, 0.25) is 0 Å². The molecule has 3 aromatic rings. The maximum Gasteiger partial charge on any atom is 0.325 e. The lowest BCUT2D eigenvalue weighted by Crippen LogP contribution is -2.43. The molecule has 5 rings (SSSR count). The molecule has 1 fully saturated rings. The summed E-state index contributed by atoms with van der Waals surface area (Å²) >= 11 is 0. The van der Waals surface area contributed by atoms with Crippen molar-refractivity contribution in [3.05, 3.63) is 66.0 Å². The van der Waals surface area contributed by atoms with Gasteiger partial charge >= 0.3 is 6.03 Å². The zero-order chi connectivity index (χ0) is 19.3. The number of hydrogen-bond donors (Lipinski definition) is 2. The summed E-state index contributed by atoms with van der Waals surface area (Å²) in [6.07, 6.45) is 2.70. The number of aryl methyl sites for hydroxylation is 1. The largest absolute Gasteiger partial charge is 0.325 e. The number of aromatic nitrogens is 2. The zero-order valence-corrected chi connectivity index (χ0v) is 14.9. The van der Waals surface area contributed by atoms with E-state index in [0.29, 0.717) is 12.8 Å². The Balaban J connectivity index is 1.37. The summed E-state index contributed by atoms with van der Waals surface area (Å²) in [6, 6.07) is 14.4. The molecular formula is C20H17N5O3. The van der Waals surface area contributed by atoms with E-state index in [1.807, 2.05) is 48.5 Å². The van der Waals surface area contributed by atoms with Crippen LogP contribution in [0.5, 0.6) is 0 Å².